The highest BCUT2D eigenvalue weighted by molar-refractivity contribution is 5.77. The molecule has 1 spiro atoms. The fraction of sp³-hybridized carbons (Fsp3) is 0.588. The highest BCUT2D eigenvalue weighted by Crippen LogP contribution is 2.39. The molecule has 1 aromatic heterocycles. The van der Waals surface area contributed by atoms with Crippen molar-refractivity contribution in [3.05, 3.63) is 30.1 Å². The van der Waals surface area contributed by atoms with Crippen LogP contribution in [0.4, 0.5) is 0 Å². The van der Waals surface area contributed by atoms with Crippen LogP contribution in [0.5, 0.6) is 0 Å². The number of likely N-dealkylation sites (tertiary alicyclic amines) is 2. The van der Waals surface area contributed by atoms with Crippen LogP contribution in [0.1, 0.15) is 31.2 Å². The van der Waals surface area contributed by atoms with Crippen LogP contribution < -0.4 is 0 Å². The number of aliphatic carboxylic acids is 1. The topological polar surface area (TPSA) is 73.7 Å². The molecule has 6 nitrogen and oxygen atoms in total. The van der Waals surface area contributed by atoms with E-state index in [9.17, 15) is 9.59 Å². The van der Waals surface area contributed by atoms with Crippen LogP contribution in [0.3, 0.4) is 0 Å². The van der Waals surface area contributed by atoms with Crippen LogP contribution in [0, 0.1) is 5.41 Å². The number of amides is 1. The molecule has 1 N–H and O–H groups in total. The van der Waals surface area contributed by atoms with E-state index < -0.39 is 5.97 Å². The Morgan fingerprint density at radius 1 is 1.26 bits per heavy atom. The predicted molar refractivity (Wildman–Crippen MR) is 84.6 cm³/mol. The number of aromatic nitrogens is 1. The zero-order chi connectivity index (χ0) is 16.3. The number of hydrogen-bond acceptors (Lipinski definition) is 4. The largest absolute Gasteiger partial charge is 0.480 e. The Kier molecular flexibility index (Phi) is 4.61. The van der Waals surface area contributed by atoms with Gasteiger partial charge in [0.15, 0.2) is 0 Å². The minimum atomic E-state index is -0.775. The Morgan fingerprint density at radius 3 is 2.78 bits per heavy atom. The van der Waals surface area contributed by atoms with Gasteiger partial charge in [-0.25, -0.2) is 0 Å². The smallest absolute Gasteiger partial charge is 0.317 e. The van der Waals surface area contributed by atoms with Crippen molar-refractivity contribution in [2.75, 3.05) is 26.2 Å². The SMILES string of the molecule is O=C(O)CN1CCC[C@]2(CCC(=O)N(Cc3ccncc3)C2)C1. The zero-order valence-electron chi connectivity index (χ0n) is 13.3. The fourth-order valence-corrected chi connectivity index (χ4v) is 3.92. The van der Waals surface area contributed by atoms with E-state index in [-0.39, 0.29) is 17.9 Å². The Hall–Kier alpha value is -1.95. The fourth-order valence-electron chi connectivity index (χ4n) is 3.92. The van der Waals surface area contributed by atoms with Crippen LogP contribution >= 0.6 is 0 Å². The van der Waals surface area contributed by atoms with E-state index in [1.165, 1.54) is 0 Å². The van der Waals surface area contributed by atoms with Crippen molar-refractivity contribution in [1.29, 1.82) is 0 Å². The van der Waals surface area contributed by atoms with Gasteiger partial charge < -0.3 is 10.0 Å². The first-order valence-electron chi connectivity index (χ1n) is 8.17. The van der Waals surface area contributed by atoms with Crippen molar-refractivity contribution in [2.24, 2.45) is 5.41 Å². The summed E-state index contributed by atoms with van der Waals surface area (Å²) in [6, 6.07) is 3.87. The minimum absolute atomic E-state index is 0.0502. The molecule has 2 saturated heterocycles. The number of rotatable bonds is 4. The van der Waals surface area contributed by atoms with Crippen LogP contribution in [-0.4, -0.2) is 57.9 Å². The number of carboxylic acids is 1. The average Bonchev–Trinajstić information content (AvgIpc) is 2.52. The molecule has 0 aromatic carbocycles. The van der Waals surface area contributed by atoms with Crippen molar-refractivity contribution in [3.8, 4) is 0 Å². The molecular weight excluding hydrogens is 294 g/mol. The second-order valence-corrected chi connectivity index (χ2v) is 6.81. The summed E-state index contributed by atoms with van der Waals surface area (Å²) in [7, 11) is 0. The van der Waals surface area contributed by atoms with Crippen molar-refractivity contribution < 1.29 is 14.7 Å². The molecule has 3 heterocycles. The second-order valence-electron chi connectivity index (χ2n) is 6.81. The highest BCUT2D eigenvalue weighted by atomic mass is 16.4. The first-order chi connectivity index (χ1) is 11.1. The molecule has 0 unspecified atom stereocenters. The number of pyridine rings is 1. The number of hydrogen-bond donors (Lipinski definition) is 1. The minimum Gasteiger partial charge on any atom is -0.480 e. The molecule has 3 rings (SSSR count). The van der Waals surface area contributed by atoms with Crippen molar-refractivity contribution in [2.45, 2.75) is 32.2 Å². The molecule has 2 fully saturated rings. The van der Waals surface area contributed by atoms with E-state index in [4.69, 9.17) is 5.11 Å². The van der Waals surface area contributed by atoms with E-state index in [0.29, 0.717) is 13.0 Å². The lowest BCUT2D eigenvalue weighted by molar-refractivity contribution is -0.144. The molecule has 0 aliphatic carbocycles. The van der Waals surface area contributed by atoms with Gasteiger partial charge in [0.05, 0.1) is 6.54 Å². The monoisotopic (exact) mass is 317 g/mol. The Balaban J connectivity index is 1.69. The molecular formula is C17H23N3O3. The van der Waals surface area contributed by atoms with Crippen LogP contribution in [0.25, 0.3) is 0 Å². The maximum atomic E-state index is 12.3. The van der Waals surface area contributed by atoms with Crippen molar-refractivity contribution in [1.82, 2.24) is 14.8 Å². The standard InChI is InChI=1S/C17H23N3O3/c21-15-2-6-17(5-1-9-19(12-17)11-16(22)23)13-20(15)10-14-3-7-18-8-4-14/h3-4,7-8H,1-2,5-6,9-13H2,(H,22,23)/t17-/m0/s1. The van der Waals surface area contributed by atoms with Gasteiger partial charge >= 0.3 is 5.97 Å². The zero-order valence-corrected chi connectivity index (χ0v) is 13.3. The van der Waals surface area contributed by atoms with Gasteiger partial charge in [-0.15, -0.1) is 0 Å². The van der Waals surface area contributed by atoms with Gasteiger partial charge in [-0.2, -0.15) is 0 Å². The van der Waals surface area contributed by atoms with Crippen LogP contribution in [0.15, 0.2) is 24.5 Å². The quantitative estimate of drug-likeness (QED) is 0.908. The summed E-state index contributed by atoms with van der Waals surface area (Å²) in [5.74, 6) is -0.578. The van der Waals surface area contributed by atoms with E-state index in [0.717, 1.165) is 44.5 Å². The number of carboxylic acid groups (broad SMARTS) is 1. The molecule has 0 radical (unpaired) electrons. The van der Waals surface area contributed by atoms with Crippen LogP contribution in [0.2, 0.25) is 0 Å². The van der Waals surface area contributed by atoms with E-state index >= 15 is 0 Å². The van der Waals surface area contributed by atoms with Gasteiger partial charge in [-0.1, -0.05) is 0 Å². The second kappa shape index (κ2) is 6.66. The first-order valence-corrected chi connectivity index (χ1v) is 8.17. The van der Waals surface area contributed by atoms with Gasteiger partial charge in [0, 0.05) is 43.9 Å². The Bertz CT molecular complexity index is 578. The number of carbonyl (C=O) groups excluding carboxylic acids is 1. The normalized spacial score (nSPS) is 25.7. The molecule has 23 heavy (non-hydrogen) atoms. The lowest BCUT2D eigenvalue weighted by Gasteiger charge is -2.48. The molecule has 2 aliphatic rings. The summed E-state index contributed by atoms with van der Waals surface area (Å²) in [5, 5.41) is 9.03. The lowest BCUT2D eigenvalue weighted by Crippen LogP contribution is -2.54. The summed E-state index contributed by atoms with van der Waals surface area (Å²) < 4.78 is 0. The Labute approximate surface area is 136 Å². The van der Waals surface area contributed by atoms with Gasteiger partial charge in [-0.05, 0) is 43.5 Å². The van der Waals surface area contributed by atoms with Crippen molar-refractivity contribution >= 4 is 11.9 Å². The van der Waals surface area contributed by atoms with E-state index in [1.54, 1.807) is 12.4 Å². The van der Waals surface area contributed by atoms with Gasteiger partial charge in [0.1, 0.15) is 0 Å². The molecule has 0 saturated carbocycles. The third kappa shape index (κ3) is 3.88. The summed E-state index contributed by atoms with van der Waals surface area (Å²) in [6.07, 6.45) is 7.00. The summed E-state index contributed by atoms with van der Waals surface area (Å²) in [4.78, 5) is 31.2. The van der Waals surface area contributed by atoms with Gasteiger partial charge in [-0.3, -0.25) is 19.5 Å². The number of nitrogens with zero attached hydrogens (tertiary/aromatic N) is 3. The summed E-state index contributed by atoms with van der Waals surface area (Å²) in [5.41, 5.74) is 1.14. The third-order valence-electron chi connectivity index (χ3n) is 4.97. The molecule has 1 aromatic rings. The van der Waals surface area contributed by atoms with E-state index in [2.05, 4.69) is 4.98 Å². The van der Waals surface area contributed by atoms with Crippen LogP contribution in [-0.2, 0) is 16.1 Å². The molecule has 1 atom stereocenters. The molecule has 1 amide bonds. The molecule has 6 heteroatoms. The van der Waals surface area contributed by atoms with Crippen molar-refractivity contribution in [3.63, 3.8) is 0 Å². The predicted octanol–water partition coefficient (Wildman–Crippen LogP) is 1.37. The van der Waals surface area contributed by atoms with E-state index in [1.807, 2.05) is 21.9 Å². The van der Waals surface area contributed by atoms with Gasteiger partial charge in [0.2, 0.25) is 5.91 Å². The molecule has 124 valence electrons. The average molecular weight is 317 g/mol. The number of piperidine rings is 2. The lowest BCUT2D eigenvalue weighted by atomic mass is 9.73. The summed E-state index contributed by atoms with van der Waals surface area (Å²) in [6.45, 7) is 3.05. The Morgan fingerprint density at radius 2 is 2.04 bits per heavy atom. The molecule has 0 bridgehead atoms. The summed E-state index contributed by atoms with van der Waals surface area (Å²) >= 11 is 0. The molecule has 2 aliphatic heterocycles. The maximum Gasteiger partial charge on any atom is 0.317 e. The van der Waals surface area contributed by atoms with Gasteiger partial charge in [0.25, 0.3) is 0 Å². The maximum absolute atomic E-state index is 12.3. The number of carbonyl (C=O) groups is 2. The highest BCUT2D eigenvalue weighted by Gasteiger charge is 2.41. The first kappa shape index (κ1) is 15.9. The third-order valence-corrected chi connectivity index (χ3v) is 4.97.